The summed E-state index contributed by atoms with van der Waals surface area (Å²) in [6.07, 6.45) is 2.14. The summed E-state index contributed by atoms with van der Waals surface area (Å²) in [5.41, 5.74) is 7.57. The Hall–Kier alpha value is -1.51. The highest BCUT2D eigenvalue weighted by atomic mass is 15.2. The molecule has 0 saturated heterocycles. The van der Waals surface area contributed by atoms with E-state index in [9.17, 15) is 0 Å². The predicted molar refractivity (Wildman–Crippen MR) is 88.1 cm³/mol. The molecule has 20 heavy (non-hydrogen) atoms. The summed E-state index contributed by atoms with van der Waals surface area (Å²) in [6.45, 7) is 11.3. The predicted octanol–water partition coefficient (Wildman–Crippen LogP) is 3.40. The van der Waals surface area contributed by atoms with Gasteiger partial charge in [0.25, 0.3) is 0 Å². The van der Waals surface area contributed by atoms with Crippen molar-refractivity contribution >= 4 is 5.96 Å². The van der Waals surface area contributed by atoms with Gasteiger partial charge < -0.3 is 10.6 Å². The molecule has 0 radical (unpaired) electrons. The quantitative estimate of drug-likeness (QED) is 0.612. The van der Waals surface area contributed by atoms with Gasteiger partial charge in [0.15, 0.2) is 5.96 Å². The van der Waals surface area contributed by atoms with Crippen molar-refractivity contribution in [3.8, 4) is 0 Å². The van der Waals surface area contributed by atoms with E-state index in [4.69, 9.17) is 5.73 Å². The Morgan fingerprint density at radius 1 is 1.05 bits per heavy atom. The van der Waals surface area contributed by atoms with Crippen LogP contribution in [0.5, 0.6) is 0 Å². The van der Waals surface area contributed by atoms with Gasteiger partial charge in [-0.05, 0) is 32.3 Å². The van der Waals surface area contributed by atoms with E-state index in [2.05, 4.69) is 67.9 Å². The first-order valence-corrected chi connectivity index (χ1v) is 7.73. The van der Waals surface area contributed by atoms with Gasteiger partial charge in [-0.15, -0.1) is 0 Å². The highest BCUT2D eigenvalue weighted by molar-refractivity contribution is 5.78. The maximum atomic E-state index is 6.11. The number of guanidine groups is 1. The van der Waals surface area contributed by atoms with Gasteiger partial charge in [-0.25, -0.2) is 0 Å². The first kappa shape index (κ1) is 16.5. The largest absolute Gasteiger partial charge is 0.370 e. The fourth-order valence-corrected chi connectivity index (χ4v) is 2.64. The molecule has 0 amide bonds. The lowest BCUT2D eigenvalue weighted by molar-refractivity contribution is 0.399. The SMILES string of the molecule is CCN(CC)C(N)=NCC(CC)(CC)c1ccccc1. The van der Waals surface area contributed by atoms with Crippen molar-refractivity contribution < 1.29 is 0 Å². The Labute approximate surface area is 123 Å². The number of benzene rings is 1. The Balaban J connectivity index is 2.96. The normalized spacial score (nSPS) is 12.5. The number of nitrogens with two attached hydrogens (primary N) is 1. The van der Waals surface area contributed by atoms with Crippen LogP contribution in [-0.4, -0.2) is 30.5 Å². The third-order valence-electron chi connectivity index (χ3n) is 4.37. The van der Waals surface area contributed by atoms with Gasteiger partial charge in [-0.3, -0.25) is 4.99 Å². The van der Waals surface area contributed by atoms with Crippen LogP contribution in [0.15, 0.2) is 35.3 Å². The van der Waals surface area contributed by atoms with E-state index >= 15 is 0 Å². The second kappa shape index (κ2) is 7.93. The molecule has 0 aliphatic carbocycles. The Morgan fingerprint density at radius 3 is 2.05 bits per heavy atom. The Kier molecular flexibility index (Phi) is 6.56. The summed E-state index contributed by atoms with van der Waals surface area (Å²) in [5, 5.41) is 0. The Bertz CT molecular complexity index is 404. The van der Waals surface area contributed by atoms with Crippen LogP contribution in [0.25, 0.3) is 0 Å². The molecule has 1 aromatic carbocycles. The van der Waals surface area contributed by atoms with Crippen molar-refractivity contribution in [2.45, 2.75) is 46.0 Å². The molecular weight excluding hydrogens is 246 g/mol. The zero-order valence-electron chi connectivity index (χ0n) is 13.4. The molecule has 0 heterocycles. The third kappa shape index (κ3) is 3.75. The molecule has 0 saturated carbocycles. The van der Waals surface area contributed by atoms with E-state index in [1.807, 2.05) is 0 Å². The summed E-state index contributed by atoms with van der Waals surface area (Å²) in [4.78, 5) is 6.78. The number of hydrogen-bond donors (Lipinski definition) is 1. The standard InChI is InChI=1S/C17H29N3/c1-5-17(6-2,15-12-10-9-11-13-15)14-19-16(18)20(7-3)8-4/h9-13H,5-8,14H2,1-4H3,(H2,18,19). The molecule has 0 unspecified atom stereocenters. The summed E-state index contributed by atoms with van der Waals surface area (Å²) in [5.74, 6) is 0.664. The number of rotatable bonds is 7. The van der Waals surface area contributed by atoms with Gasteiger partial charge >= 0.3 is 0 Å². The minimum absolute atomic E-state index is 0.0963. The topological polar surface area (TPSA) is 41.6 Å². The van der Waals surface area contributed by atoms with Gasteiger partial charge in [0.2, 0.25) is 0 Å². The molecular formula is C17H29N3. The zero-order valence-corrected chi connectivity index (χ0v) is 13.4. The average molecular weight is 275 g/mol. The van der Waals surface area contributed by atoms with Crippen molar-refractivity contribution in [2.24, 2.45) is 10.7 Å². The molecule has 0 aromatic heterocycles. The van der Waals surface area contributed by atoms with E-state index < -0.39 is 0 Å². The van der Waals surface area contributed by atoms with Gasteiger partial charge in [0.1, 0.15) is 0 Å². The molecule has 0 bridgehead atoms. The van der Waals surface area contributed by atoms with Gasteiger partial charge in [0.05, 0.1) is 6.54 Å². The van der Waals surface area contributed by atoms with Crippen molar-refractivity contribution in [3.63, 3.8) is 0 Å². The molecule has 0 fully saturated rings. The molecule has 0 atom stereocenters. The van der Waals surface area contributed by atoms with E-state index in [-0.39, 0.29) is 5.41 Å². The van der Waals surface area contributed by atoms with Crippen LogP contribution >= 0.6 is 0 Å². The lowest BCUT2D eigenvalue weighted by Crippen LogP contribution is -2.39. The smallest absolute Gasteiger partial charge is 0.191 e. The van der Waals surface area contributed by atoms with Crippen molar-refractivity contribution in [1.29, 1.82) is 0 Å². The minimum atomic E-state index is 0.0963. The number of hydrogen-bond acceptors (Lipinski definition) is 1. The molecule has 0 aliphatic rings. The minimum Gasteiger partial charge on any atom is -0.370 e. The van der Waals surface area contributed by atoms with Crippen LogP contribution < -0.4 is 5.73 Å². The van der Waals surface area contributed by atoms with Gasteiger partial charge in [-0.1, -0.05) is 44.2 Å². The number of nitrogens with zero attached hydrogens (tertiary/aromatic N) is 2. The van der Waals surface area contributed by atoms with E-state index in [0.717, 1.165) is 32.5 Å². The van der Waals surface area contributed by atoms with E-state index in [1.54, 1.807) is 0 Å². The average Bonchev–Trinajstić information content (AvgIpc) is 2.51. The van der Waals surface area contributed by atoms with Crippen LogP contribution in [0.4, 0.5) is 0 Å². The molecule has 1 aromatic rings. The zero-order chi connectivity index (χ0) is 15.0. The molecule has 2 N–H and O–H groups in total. The fourth-order valence-electron chi connectivity index (χ4n) is 2.64. The van der Waals surface area contributed by atoms with Gasteiger partial charge in [0, 0.05) is 18.5 Å². The molecule has 112 valence electrons. The second-order valence-corrected chi connectivity index (χ2v) is 5.20. The van der Waals surface area contributed by atoms with Crippen LogP contribution in [-0.2, 0) is 5.41 Å². The maximum Gasteiger partial charge on any atom is 0.191 e. The Morgan fingerprint density at radius 2 is 1.60 bits per heavy atom. The van der Waals surface area contributed by atoms with Crippen LogP contribution in [0.2, 0.25) is 0 Å². The first-order valence-electron chi connectivity index (χ1n) is 7.73. The van der Waals surface area contributed by atoms with Crippen LogP contribution in [0.3, 0.4) is 0 Å². The third-order valence-corrected chi connectivity index (χ3v) is 4.37. The second-order valence-electron chi connectivity index (χ2n) is 5.20. The first-order chi connectivity index (χ1) is 9.63. The van der Waals surface area contributed by atoms with Crippen LogP contribution in [0, 0.1) is 0 Å². The molecule has 1 rings (SSSR count). The van der Waals surface area contributed by atoms with Crippen molar-refractivity contribution in [1.82, 2.24) is 4.90 Å². The summed E-state index contributed by atoms with van der Waals surface area (Å²) in [7, 11) is 0. The highest BCUT2D eigenvalue weighted by Crippen LogP contribution is 2.31. The van der Waals surface area contributed by atoms with E-state index in [1.165, 1.54) is 5.56 Å². The summed E-state index contributed by atoms with van der Waals surface area (Å²) >= 11 is 0. The van der Waals surface area contributed by atoms with Gasteiger partial charge in [-0.2, -0.15) is 0 Å². The van der Waals surface area contributed by atoms with Crippen molar-refractivity contribution in [2.75, 3.05) is 19.6 Å². The molecule has 0 spiro atoms. The van der Waals surface area contributed by atoms with Crippen molar-refractivity contribution in [3.05, 3.63) is 35.9 Å². The molecule has 3 heteroatoms. The molecule has 3 nitrogen and oxygen atoms in total. The lowest BCUT2D eigenvalue weighted by atomic mass is 9.76. The number of aliphatic imine (C=N–C) groups is 1. The molecule has 0 aliphatic heterocycles. The highest BCUT2D eigenvalue weighted by Gasteiger charge is 2.28. The summed E-state index contributed by atoms with van der Waals surface area (Å²) in [6, 6.07) is 10.7. The maximum absolute atomic E-state index is 6.11. The lowest BCUT2D eigenvalue weighted by Gasteiger charge is -2.31. The van der Waals surface area contributed by atoms with E-state index in [0.29, 0.717) is 5.96 Å². The fraction of sp³-hybridized carbons (Fsp3) is 0.588. The monoisotopic (exact) mass is 275 g/mol. The summed E-state index contributed by atoms with van der Waals surface area (Å²) < 4.78 is 0. The van der Waals surface area contributed by atoms with Crippen LogP contribution in [0.1, 0.15) is 46.1 Å².